The minimum Gasteiger partial charge on any atom is -0.444 e. The van der Waals surface area contributed by atoms with E-state index in [1.165, 1.54) is 0 Å². The molecule has 1 amide bonds. The molecular weight excluding hydrogens is 356 g/mol. The van der Waals surface area contributed by atoms with E-state index in [2.05, 4.69) is 51.0 Å². The number of rotatable bonds is 4. The van der Waals surface area contributed by atoms with Crippen LogP contribution in [0.2, 0.25) is 18.1 Å². The zero-order valence-electron chi connectivity index (χ0n) is 17.9. The van der Waals surface area contributed by atoms with E-state index < -0.39 is 20.0 Å². The van der Waals surface area contributed by atoms with Crippen LogP contribution in [0.15, 0.2) is 18.2 Å². The lowest BCUT2D eigenvalue weighted by atomic mass is 10.1. The van der Waals surface area contributed by atoms with Gasteiger partial charge in [0.25, 0.3) is 0 Å². The van der Waals surface area contributed by atoms with Crippen molar-refractivity contribution in [2.45, 2.75) is 71.9 Å². The average molecular weight is 391 g/mol. The summed E-state index contributed by atoms with van der Waals surface area (Å²) in [5.74, 6) is 6.05. The average Bonchev–Trinajstić information content (AvgIpc) is 2.48. The van der Waals surface area contributed by atoms with Crippen LogP contribution in [0.5, 0.6) is 0 Å². The second-order valence-electron chi connectivity index (χ2n) is 9.12. The zero-order chi connectivity index (χ0) is 20.9. The molecule has 0 heterocycles. The monoisotopic (exact) mass is 390 g/mol. The molecule has 0 fully saturated rings. The van der Waals surface area contributed by atoms with Gasteiger partial charge >= 0.3 is 6.09 Å². The Morgan fingerprint density at radius 1 is 1.19 bits per heavy atom. The van der Waals surface area contributed by atoms with E-state index >= 15 is 0 Å². The maximum absolute atomic E-state index is 11.7. The molecule has 0 spiro atoms. The van der Waals surface area contributed by atoms with Crippen molar-refractivity contribution in [1.82, 2.24) is 5.32 Å². The number of nitrogen functional groups attached to an aromatic ring is 1. The first-order chi connectivity index (χ1) is 12.2. The normalized spacial score (nSPS) is 12.1. The molecule has 3 N–H and O–H groups in total. The van der Waals surface area contributed by atoms with Crippen LogP contribution in [0.4, 0.5) is 10.5 Å². The number of hydrogen-bond acceptors (Lipinski definition) is 4. The molecule has 150 valence electrons. The standard InChI is InChI=1S/C21H34N2O3Si/c1-20(2,3)26-19(24)23-13-9-10-16-11-12-18(22)14-17(16)15-25-27(7,8)21(4,5)6/h11-12,14H,13,15,22H2,1-8H3,(H,23,24). The first-order valence-electron chi connectivity index (χ1n) is 9.19. The number of alkyl carbamates (subject to hydrolysis) is 1. The summed E-state index contributed by atoms with van der Waals surface area (Å²) in [4.78, 5) is 11.7. The third-order valence-electron chi connectivity index (χ3n) is 4.47. The van der Waals surface area contributed by atoms with Crippen molar-refractivity contribution in [1.29, 1.82) is 0 Å². The van der Waals surface area contributed by atoms with E-state index in [1.54, 1.807) is 0 Å². The summed E-state index contributed by atoms with van der Waals surface area (Å²) in [7, 11) is -1.87. The van der Waals surface area contributed by atoms with Gasteiger partial charge in [-0.1, -0.05) is 32.6 Å². The van der Waals surface area contributed by atoms with Crippen LogP contribution < -0.4 is 11.1 Å². The topological polar surface area (TPSA) is 73.6 Å². The fourth-order valence-corrected chi connectivity index (χ4v) is 2.85. The number of anilines is 1. The SMILES string of the molecule is CC(C)(C)OC(=O)NCC#Cc1ccc(N)cc1CO[Si](C)(C)C(C)(C)C. The Hall–Kier alpha value is -1.97. The van der Waals surface area contributed by atoms with Crippen molar-refractivity contribution in [3.63, 3.8) is 0 Å². The van der Waals surface area contributed by atoms with Crippen molar-refractivity contribution >= 4 is 20.1 Å². The summed E-state index contributed by atoms with van der Waals surface area (Å²) >= 11 is 0. The molecular formula is C21H34N2O3Si. The fraction of sp³-hybridized carbons (Fsp3) is 0.571. The Labute approximate surface area is 165 Å². The van der Waals surface area contributed by atoms with E-state index in [0.717, 1.165) is 11.1 Å². The molecule has 0 aliphatic rings. The summed E-state index contributed by atoms with van der Waals surface area (Å²) in [6, 6.07) is 5.61. The minimum atomic E-state index is -1.87. The molecule has 0 unspecified atom stereocenters. The van der Waals surface area contributed by atoms with Gasteiger partial charge in [0.05, 0.1) is 13.2 Å². The lowest BCUT2D eigenvalue weighted by molar-refractivity contribution is 0.0535. The Morgan fingerprint density at radius 3 is 2.37 bits per heavy atom. The number of nitrogens with one attached hydrogen (secondary N) is 1. The highest BCUT2D eigenvalue weighted by atomic mass is 28.4. The van der Waals surface area contributed by atoms with Crippen LogP contribution in [0.1, 0.15) is 52.7 Å². The number of amides is 1. The smallest absolute Gasteiger partial charge is 0.408 e. The van der Waals surface area contributed by atoms with Crippen LogP contribution in [0.25, 0.3) is 0 Å². The van der Waals surface area contributed by atoms with E-state index in [4.69, 9.17) is 14.9 Å². The highest BCUT2D eigenvalue weighted by Crippen LogP contribution is 2.37. The molecule has 0 atom stereocenters. The van der Waals surface area contributed by atoms with Gasteiger partial charge in [-0.2, -0.15) is 0 Å². The van der Waals surface area contributed by atoms with Crippen molar-refractivity contribution in [3.05, 3.63) is 29.3 Å². The van der Waals surface area contributed by atoms with Gasteiger partial charge in [-0.05, 0) is 62.7 Å². The van der Waals surface area contributed by atoms with Crippen LogP contribution in [0, 0.1) is 11.8 Å². The van der Waals surface area contributed by atoms with E-state index in [1.807, 2.05) is 39.0 Å². The molecule has 0 aliphatic carbocycles. The highest BCUT2D eigenvalue weighted by Gasteiger charge is 2.37. The molecule has 0 bridgehead atoms. The van der Waals surface area contributed by atoms with Gasteiger partial charge in [-0.25, -0.2) is 4.79 Å². The maximum Gasteiger partial charge on any atom is 0.408 e. The number of carbonyl (C=O) groups excluding carboxylic acids is 1. The summed E-state index contributed by atoms with van der Waals surface area (Å²) in [5, 5.41) is 2.77. The molecule has 1 aromatic carbocycles. The third kappa shape index (κ3) is 8.06. The van der Waals surface area contributed by atoms with Crippen molar-refractivity contribution in [2.75, 3.05) is 12.3 Å². The van der Waals surface area contributed by atoms with Gasteiger partial charge in [0.2, 0.25) is 0 Å². The van der Waals surface area contributed by atoms with Gasteiger partial charge in [-0.3, -0.25) is 0 Å². The molecule has 27 heavy (non-hydrogen) atoms. The molecule has 0 radical (unpaired) electrons. The summed E-state index contributed by atoms with van der Waals surface area (Å²) in [5.41, 5.74) is 7.91. The molecule has 5 nitrogen and oxygen atoms in total. The van der Waals surface area contributed by atoms with Crippen molar-refractivity contribution in [2.24, 2.45) is 0 Å². The maximum atomic E-state index is 11.7. The van der Waals surface area contributed by atoms with Crippen LogP contribution in [-0.2, 0) is 15.8 Å². The van der Waals surface area contributed by atoms with Gasteiger partial charge < -0.3 is 20.2 Å². The second-order valence-corrected chi connectivity index (χ2v) is 13.9. The number of ether oxygens (including phenoxy) is 1. The Bertz CT molecular complexity index is 720. The fourth-order valence-electron chi connectivity index (χ4n) is 1.90. The molecule has 1 rings (SSSR count). The zero-order valence-corrected chi connectivity index (χ0v) is 18.9. The van der Waals surface area contributed by atoms with Crippen molar-refractivity contribution in [3.8, 4) is 11.8 Å². The summed E-state index contributed by atoms with van der Waals surface area (Å²) < 4.78 is 11.5. The predicted octanol–water partition coefficient (Wildman–Crippen LogP) is 4.67. The number of benzene rings is 1. The number of hydrogen-bond donors (Lipinski definition) is 2. The Morgan fingerprint density at radius 2 is 1.81 bits per heavy atom. The third-order valence-corrected chi connectivity index (χ3v) is 8.95. The molecule has 0 saturated heterocycles. The van der Waals surface area contributed by atoms with Gasteiger partial charge in [-0.15, -0.1) is 0 Å². The highest BCUT2D eigenvalue weighted by molar-refractivity contribution is 6.74. The predicted molar refractivity (Wildman–Crippen MR) is 114 cm³/mol. The Balaban J connectivity index is 2.79. The van der Waals surface area contributed by atoms with Crippen LogP contribution >= 0.6 is 0 Å². The number of carbonyl (C=O) groups is 1. The molecule has 6 heteroatoms. The Kier molecular flexibility index (Phi) is 7.53. The molecule has 1 aromatic rings. The van der Waals surface area contributed by atoms with Gasteiger partial charge in [0.15, 0.2) is 8.32 Å². The largest absolute Gasteiger partial charge is 0.444 e. The van der Waals surface area contributed by atoms with Crippen molar-refractivity contribution < 1.29 is 14.0 Å². The molecule has 0 aromatic heterocycles. The summed E-state index contributed by atoms with van der Waals surface area (Å²) in [6.07, 6.45) is -0.476. The first kappa shape index (κ1) is 23.1. The lowest BCUT2D eigenvalue weighted by Gasteiger charge is -2.36. The number of nitrogens with two attached hydrogens (primary N) is 1. The van der Waals surface area contributed by atoms with Gasteiger partial charge in [0, 0.05) is 11.3 Å². The molecule has 0 aliphatic heterocycles. The summed E-state index contributed by atoms with van der Waals surface area (Å²) in [6.45, 7) is 17.2. The lowest BCUT2D eigenvalue weighted by Crippen LogP contribution is -2.40. The first-order valence-corrected chi connectivity index (χ1v) is 12.1. The second kappa shape index (κ2) is 8.81. The van der Waals surface area contributed by atoms with Crippen LogP contribution in [-0.4, -0.2) is 26.6 Å². The van der Waals surface area contributed by atoms with E-state index in [-0.39, 0.29) is 11.6 Å². The molecule has 0 saturated carbocycles. The quantitative estimate of drug-likeness (QED) is 0.445. The van der Waals surface area contributed by atoms with E-state index in [9.17, 15) is 4.79 Å². The van der Waals surface area contributed by atoms with Crippen LogP contribution in [0.3, 0.4) is 0 Å². The van der Waals surface area contributed by atoms with E-state index in [0.29, 0.717) is 12.3 Å². The minimum absolute atomic E-state index is 0.135. The van der Waals surface area contributed by atoms with Gasteiger partial charge in [0.1, 0.15) is 5.60 Å².